The van der Waals surface area contributed by atoms with Gasteiger partial charge in [-0.3, -0.25) is 14.3 Å². The van der Waals surface area contributed by atoms with Gasteiger partial charge in [0.2, 0.25) is 5.91 Å². The molecule has 2 aliphatic heterocycles. The highest BCUT2D eigenvalue weighted by atomic mass is 32.2. The lowest BCUT2D eigenvalue weighted by Gasteiger charge is -2.34. The molecule has 7 nitrogen and oxygen atoms in total. The average Bonchev–Trinajstić information content (AvgIpc) is 3.59. The molecule has 0 bridgehead atoms. The number of nitrogens with zero attached hydrogens (tertiary/aromatic N) is 3. The number of carbonyl (C=O) groups excluding carboxylic acids is 2. The Kier molecular flexibility index (Phi) is 8.11. The SMILES string of the molecule is COc1ccc2c(c1)C1CC1(C(=O)N1C(C)CCC1CN(C)C)Cn1c-2c(C2CCCCC2)c2ccc(C(=O)NSC3CCC3)cc21. The molecule has 0 radical (unpaired) electrons. The summed E-state index contributed by atoms with van der Waals surface area (Å²) in [5.41, 5.74) is 6.47. The van der Waals surface area contributed by atoms with E-state index in [1.165, 1.54) is 79.1 Å². The molecule has 250 valence electrons. The van der Waals surface area contributed by atoms with E-state index >= 15 is 4.79 Å². The average molecular weight is 655 g/mol. The maximum Gasteiger partial charge on any atom is 0.261 e. The van der Waals surface area contributed by atoms with E-state index in [2.05, 4.69) is 70.4 Å². The summed E-state index contributed by atoms with van der Waals surface area (Å²) in [6.07, 6.45) is 12.7. The van der Waals surface area contributed by atoms with Crippen LogP contribution in [-0.2, 0) is 11.3 Å². The molecule has 47 heavy (non-hydrogen) atoms. The molecule has 4 fully saturated rings. The number of benzene rings is 2. The van der Waals surface area contributed by atoms with Crippen LogP contribution in [0.2, 0.25) is 0 Å². The van der Waals surface area contributed by atoms with Gasteiger partial charge in [0, 0.05) is 58.4 Å². The quantitative estimate of drug-likeness (QED) is 0.252. The Morgan fingerprint density at radius 2 is 1.81 bits per heavy atom. The van der Waals surface area contributed by atoms with Gasteiger partial charge in [-0.2, -0.15) is 0 Å². The summed E-state index contributed by atoms with van der Waals surface area (Å²) in [5.74, 6) is 1.75. The minimum Gasteiger partial charge on any atom is -0.497 e. The van der Waals surface area contributed by atoms with Crippen molar-refractivity contribution in [3.63, 3.8) is 0 Å². The zero-order valence-electron chi connectivity index (χ0n) is 28.5. The van der Waals surface area contributed by atoms with Crippen molar-refractivity contribution in [1.29, 1.82) is 0 Å². The van der Waals surface area contributed by atoms with Crippen molar-refractivity contribution >= 4 is 34.7 Å². The van der Waals surface area contributed by atoms with Crippen LogP contribution in [0.1, 0.15) is 111 Å². The highest BCUT2D eigenvalue weighted by Crippen LogP contribution is 2.66. The van der Waals surface area contributed by atoms with E-state index in [4.69, 9.17) is 4.74 Å². The Hall–Kier alpha value is -2.97. The second-order valence-corrected chi connectivity index (χ2v) is 16.5. The van der Waals surface area contributed by atoms with Gasteiger partial charge < -0.3 is 19.1 Å². The van der Waals surface area contributed by atoms with Crippen LogP contribution in [0.4, 0.5) is 0 Å². The number of likely N-dealkylation sites (tertiary alicyclic amines) is 1. The van der Waals surface area contributed by atoms with Crippen molar-refractivity contribution in [2.45, 2.75) is 113 Å². The van der Waals surface area contributed by atoms with E-state index in [1.54, 1.807) is 19.1 Å². The molecule has 3 saturated carbocycles. The number of fused-ring (bicyclic) bond motifs is 7. The van der Waals surface area contributed by atoms with Gasteiger partial charge in [0.1, 0.15) is 5.75 Å². The molecule has 2 amide bonds. The molecular weight excluding hydrogens is 605 g/mol. The van der Waals surface area contributed by atoms with E-state index in [1.807, 2.05) is 6.07 Å². The number of aromatic nitrogens is 1. The number of hydrogen-bond donors (Lipinski definition) is 1. The summed E-state index contributed by atoms with van der Waals surface area (Å²) in [7, 11) is 5.96. The van der Waals surface area contributed by atoms with E-state index in [9.17, 15) is 4.79 Å². The molecule has 8 rings (SSSR count). The predicted molar refractivity (Wildman–Crippen MR) is 190 cm³/mol. The number of likely N-dealkylation sites (N-methyl/N-ethyl adjacent to an activating group) is 1. The van der Waals surface area contributed by atoms with Crippen LogP contribution in [0.3, 0.4) is 0 Å². The van der Waals surface area contributed by atoms with E-state index < -0.39 is 5.41 Å². The molecule has 3 aromatic rings. The number of nitrogens with one attached hydrogen (secondary N) is 1. The van der Waals surface area contributed by atoms with Crippen LogP contribution in [0.25, 0.3) is 22.2 Å². The molecule has 4 unspecified atom stereocenters. The number of methoxy groups -OCH3 is 1. The third-order valence-electron chi connectivity index (χ3n) is 12.2. The lowest BCUT2D eigenvalue weighted by atomic mass is 9.81. The van der Waals surface area contributed by atoms with Crippen LogP contribution in [0, 0.1) is 5.41 Å². The number of ether oxygens (including phenoxy) is 1. The molecule has 1 saturated heterocycles. The van der Waals surface area contributed by atoms with Crippen LogP contribution in [0.5, 0.6) is 5.75 Å². The molecule has 2 aromatic carbocycles. The van der Waals surface area contributed by atoms with Gasteiger partial charge in [-0.15, -0.1) is 0 Å². The van der Waals surface area contributed by atoms with Crippen molar-refractivity contribution in [1.82, 2.24) is 19.1 Å². The second-order valence-electron chi connectivity index (χ2n) is 15.4. The van der Waals surface area contributed by atoms with Gasteiger partial charge >= 0.3 is 0 Å². The first-order valence-corrected chi connectivity index (χ1v) is 18.9. The molecule has 5 aliphatic rings. The Balaban J connectivity index is 1.29. The second kappa shape index (κ2) is 12.2. The van der Waals surface area contributed by atoms with Crippen molar-refractivity contribution in [2.24, 2.45) is 5.41 Å². The fraction of sp³-hybridized carbons (Fsp3) is 0.590. The minimum atomic E-state index is -0.510. The van der Waals surface area contributed by atoms with E-state index in [-0.39, 0.29) is 23.9 Å². The molecule has 3 heterocycles. The Bertz CT molecular complexity index is 1710. The van der Waals surface area contributed by atoms with Crippen LogP contribution >= 0.6 is 11.9 Å². The standard InChI is InChI=1S/C39H50N4O3S/c1-24-13-15-27(22-41(2)3)43(24)38(45)39-21-33(39)32-20-28(46-4)16-18-30(32)36-35(25-9-6-5-7-10-25)31-17-14-26(19-34(31)42(36)23-39)37(44)40-47-29-11-8-12-29/h14,16-20,24-25,27,29,33H,5-13,15,21-23H2,1-4H3,(H,40,44). The van der Waals surface area contributed by atoms with Gasteiger partial charge in [0.05, 0.1) is 18.2 Å². The number of carbonyl (C=O) groups is 2. The number of hydrogen-bond acceptors (Lipinski definition) is 5. The first-order chi connectivity index (χ1) is 22.8. The van der Waals surface area contributed by atoms with Gasteiger partial charge in [0.15, 0.2) is 0 Å². The van der Waals surface area contributed by atoms with Crippen LogP contribution in [-0.4, -0.2) is 71.3 Å². The molecule has 8 heteroatoms. The van der Waals surface area contributed by atoms with Gasteiger partial charge in [-0.05, 0) is 125 Å². The lowest BCUT2D eigenvalue weighted by Crippen LogP contribution is -2.48. The molecule has 4 atom stereocenters. The fourth-order valence-corrected chi connectivity index (χ4v) is 10.4. The van der Waals surface area contributed by atoms with Crippen LogP contribution in [0.15, 0.2) is 36.4 Å². The first kappa shape index (κ1) is 31.3. The maximum atomic E-state index is 15.1. The Morgan fingerprint density at radius 1 is 1.00 bits per heavy atom. The maximum absolute atomic E-state index is 15.1. The lowest BCUT2D eigenvalue weighted by molar-refractivity contribution is -0.140. The third-order valence-corrected chi connectivity index (χ3v) is 13.3. The van der Waals surface area contributed by atoms with Crippen molar-refractivity contribution in [3.8, 4) is 17.0 Å². The number of amides is 2. The number of rotatable bonds is 8. The molecule has 1 aromatic heterocycles. The van der Waals surface area contributed by atoms with Crippen molar-refractivity contribution in [2.75, 3.05) is 27.7 Å². The summed E-state index contributed by atoms with van der Waals surface area (Å²) in [5, 5.41) is 1.78. The van der Waals surface area contributed by atoms with Gasteiger partial charge in [-0.1, -0.05) is 31.7 Å². The zero-order chi connectivity index (χ0) is 32.4. The van der Waals surface area contributed by atoms with Crippen molar-refractivity contribution in [3.05, 3.63) is 53.1 Å². The van der Waals surface area contributed by atoms with Gasteiger partial charge in [-0.25, -0.2) is 0 Å². The largest absolute Gasteiger partial charge is 0.497 e. The molecule has 1 N–H and O–H groups in total. The summed E-state index contributed by atoms with van der Waals surface area (Å²) in [6.45, 7) is 3.77. The van der Waals surface area contributed by atoms with Crippen molar-refractivity contribution < 1.29 is 14.3 Å². The highest BCUT2D eigenvalue weighted by molar-refractivity contribution is 7.98. The molecular formula is C39H50N4O3S. The topological polar surface area (TPSA) is 66.8 Å². The summed E-state index contributed by atoms with van der Waals surface area (Å²) >= 11 is 1.58. The van der Waals surface area contributed by atoms with Gasteiger partial charge in [0.25, 0.3) is 5.91 Å². The Morgan fingerprint density at radius 3 is 2.53 bits per heavy atom. The summed E-state index contributed by atoms with van der Waals surface area (Å²) in [4.78, 5) is 33.1. The monoisotopic (exact) mass is 654 g/mol. The fourth-order valence-electron chi connectivity index (χ4n) is 9.40. The first-order valence-electron chi connectivity index (χ1n) is 18.1. The normalized spacial score (nSPS) is 27.2. The Labute approximate surface area is 283 Å². The smallest absolute Gasteiger partial charge is 0.261 e. The minimum absolute atomic E-state index is 0.0233. The third kappa shape index (κ3) is 5.29. The summed E-state index contributed by atoms with van der Waals surface area (Å²) < 4.78 is 11.4. The van der Waals surface area contributed by atoms with E-state index in [0.29, 0.717) is 29.2 Å². The molecule has 3 aliphatic carbocycles. The summed E-state index contributed by atoms with van der Waals surface area (Å²) in [6, 6.07) is 13.4. The van der Waals surface area contributed by atoms with E-state index in [0.717, 1.165) is 37.1 Å². The molecule has 0 spiro atoms. The highest BCUT2D eigenvalue weighted by Gasteiger charge is 2.65. The van der Waals surface area contributed by atoms with Crippen LogP contribution < -0.4 is 9.46 Å². The zero-order valence-corrected chi connectivity index (χ0v) is 29.3. The predicted octanol–water partition coefficient (Wildman–Crippen LogP) is 7.72.